The number of aromatic carboxylic acids is 1. The number of nitrogens with one attached hydrogen (secondary N) is 1. The Bertz CT molecular complexity index is 1340. The maximum Gasteiger partial charge on any atom is 0.339 e. The summed E-state index contributed by atoms with van der Waals surface area (Å²) in [4.78, 5) is 29.6. The van der Waals surface area contributed by atoms with Gasteiger partial charge in [-0.1, -0.05) is 59.6 Å². The van der Waals surface area contributed by atoms with E-state index in [4.69, 9.17) is 27.9 Å². The Labute approximate surface area is 206 Å². The molecule has 0 radical (unpaired) electrons. The SMILES string of the molecule is O=C(O)c1cc(Cl)ccc1OCC(=O)N(CCc1c[nH]c2ccccc12)Cc1ccccc1Cl. The molecule has 34 heavy (non-hydrogen) atoms. The van der Waals surface area contributed by atoms with Crippen LogP contribution in [0.4, 0.5) is 0 Å². The largest absolute Gasteiger partial charge is 0.483 e. The zero-order valence-corrected chi connectivity index (χ0v) is 19.6. The van der Waals surface area contributed by atoms with Gasteiger partial charge in [-0.2, -0.15) is 0 Å². The van der Waals surface area contributed by atoms with Crippen LogP contribution in [0.5, 0.6) is 5.75 Å². The van der Waals surface area contributed by atoms with Crippen LogP contribution in [0.1, 0.15) is 21.5 Å². The van der Waals surface area contributed by atoms with Crippen molar-refractivity contribution in [2.45, 2.75) is 13.0 Å². The minimum Gasteiger partial charge on any atom is -0.483 e. The Kier molecular flexibility index (Phi) is 7.40. The fraction of sp³-hybridized carbons (Fsp3) is 0.154. The number of aromatic nitrogens is 1. The summed E-state index contributed by atoms with van der Waals surface area (Å²) in [6.45, 7) is 0.415. The van der Waals surface area contributed by atoms with E-state index in [1.807, 2.05) is 48.7 Å². The van der Waals surface area contributed by atoms with E-state index < -0.39 is 5.97 Å². The van der Waals surface area contributed by atoms with Crippen molar-refractivity contribution in [3.8, 4) is 5.75 Å². The number of carboxylic acid groups (broad SMARTS) is 1. The maximum atomic E-state index is 13.2. The topological polar surface area (TPSA) is 82.6 Å². The molecule has 0 spiro atoms. The van der Waals surface area contributed by atoms with Gasteiger partial charge in [-0.15, -0.1) is 0 Å². The molecule has 0 aliphatic rings. The van der Waals surface area contributed by atoms with Gasteiger partial charge in [0.2, 0.25) is 0 Å². The standard InChI is InChI=1S/C26H22Cl2N2O4/c27-19-9-10-24(21(13-19)26(32)33)34-16-25(31)30(15-18-5-1-3-7-22(18)28)12-11-17-14-29-23-8-4-2-6-20(17)23/h1-10,13-14,29H,11-12,15-16H2,(H,32,33). The number of rotatable bonds is 9. The fourth-order valence-corrected chi connectivity index (χ4v) is 4.11. The number of fused-ring (bicyclic) bond motifs is 1. The Morgan fingerprint density at radius 2 is 1.74 bits per heavy atom. The highest BCUT2D eigenvalue weighted by atomic mass is 35.5. The van der Waals surface area contributed by atoms with Crippen molar-refractivity contribution < 1.29 is 19.4 Å². The third-order valence-electron chi connectivity index (χ3n) is 5.52. The summed E-state index contributed by atoms with van der Waals surface area (Å²) in [6, 6.07) is 19.6. The molecule has 1 amide bonds. The summed E-state index contributed by atoms with van der Waals surface area (Å²) in [6.07, 6.45) is 2.58. The van der Waals surface area contributed by atoms with Crippen molar-refractivity contribution in [2.24, 2.45) is 0 Å². The first-order valence-electron chi connectivity index (χ1n) is 10.6. The highest BCUT2D eigenvalue weighted by Crippen LogP contribution is 2.24. The number of benzene rings is 3. The van der Waals surface area contributed by atoms with Crippen molar-refractivity contribution >= 4 is 46.0 Å². The first kappa shape index (κ1) is 23.7. The maximum absolute atomic E-state index is 13.2. The molecule has 0 aliphatic carbocycles. The lowest BCUT2D eigenvalue weighted by molar-refractivity contribution is -0.134. The van der Waals surface area contributed by atoms with Gasteiger partial charge in [-0.3, -0.25) is 4.79 Å². The summed E-state index contributed by atoms with van der Waals surface area (Å²) >= 11 is 12.2. The molecule has 3 aromatic carbocycles. The molecule has 1 aromatic heterocycles. The van der Waals surface area contributed by atoms with Crippen LogP contribution in [0.2, 0.25) is 10.0 Å². The van der Waals surface area contributed by atoms with E-state index in [9.17, 15) is 14.7 Å². The molecule has 1 heterocycles. The lowest BCUT2D eigenvalue weighted by Gasteiger charge is -2.24. The van der Waals surface area contributed by atoms with Crippen molar-refractivity contribution in [1.29, 1.82) is 0 Å². The molecule has 4 aromatic rings. The van der Waals surface area contributed by atoms with Gasteiger partial charge >= 0.3 is 5.97 Å². The lowest BCUT2D eigenvalue weighted by atomic mass is 10.1. The molecule has 2 N–H and O–H groups in total. The summed E-state index contributed by atoms with van der Waals surface area (Å²) in [5.41, 5.74) is 2.85. The van der Waals surface area contributed by atoms with Crippen LogP contribution < -0.4 is 4.74 Å². The number of hydrogen-bond donors (Lipinski definition) is 2. The Morgan fingerprint density at radius 1 is 0.971 bits per heavy atom. The van der Waals surface area contributed by atoms with E-state index >= 15 is 0 Å². The molecule has 0 unspecified atom stereocenters. The molecule has 6 nitrogen and oxygen atoms in total. The van der Waals surface area contributed by atoms with Gasteiger partial charge in [0.25, 0.3) is 5.91 Å². The van der Waals surface area contributed by atoms with Crippen molar-refractivity contribution in [3.63, 3.8) is 0 Å². The van der Waals surface area contributed by atoms with Crippen LogP contribution in [0.25, 0.3) is 10.9 Å². The predicted octanol–water partition coefficient (Wildman–Crippen LogP) is 5.82. The molecule has 0 atom stereocenters. The molecule has 8 heteroatoms. The van der Waals surface area contributed by atoms with Crippen LogP contribution >= 0.6 is 23.2 Å². The Hall–Kier alpha value is -3.48. The number of hydrogen-bond acceptors (Lipinski definition) is 3. The smallest absolute Gasteiger partial charge is 0.339 e. The normalized spacial score (nSPS) is 10.9. The van der Waals surface area contributed by atoms with Gasteiger partial charge in [0.15, 0.2) is 6.61 Å². The number of H-pyrrole nitrogens is 1. The summed E-state index contributed by atoms with van der Waals surface area (Å²) in [5.74, 6) is -1.39. The third-order valence-corrected chi connectivity index (χ3v) is 6.12. The number of carbonyl (C=O) groups is 2. The van der Waals surface area contributed by atoms with Gasteiger partial charge in [-0.05, 0) is 47.9 Å². The van der Waals surface area contributed by atoms with E-state index in [-0.39, 0.29) is 28.8 Å². The van der Waals surface area contributed by atoms with Gasteiger partial charge in [0.05, 0.1) is 0 Å². The number of amides is 1. The second kappa shape index (κ2) is 10.6. The summed E-state index contributed by atoms with van der Waals surface area (Å²) in [5, 5.41) is 11.4. The Balaban J connectivity index is 1.52. The number of ether oxygens (including phenoxy) is 1. The third kappa shape index (κ3) is 5.53. The molecule has 0 aliphatic heterocycles. The molecule has 0 bridgehead atoms. The fourth-order valence-electron chi connectivity index (χ4n) is 3.74. The monoisotopic (exact) mass is 496 g/mol. The molecule has 4 rings (SSSR count). The van der Waals surface area contributed by atoms with Crippen molar-refractivity contribution in [1.82, 2.24) is 9.88 Å². The number of carboxylic acids is 1. The lowest BCUT2D eigenvalue weighted by Crippen LogP contribution is -2.36. The summed E-state index contributed by atoms with van der Waals surface area (Å²) in [7, 11) is 0. The number of carbonyl (C=O) groups excluding carboxylic acids is 1. The molecule has 0 saturated heterocycles. The molecular formula is C26H22Cl2N2O4. The molecule has 0 saturated carbocycles. The van der Waals surface area contributed by atoms with Crippen molar-refractivity contribution in [3.05, 3.63) is 99.7 Å². The van der Waals surface area contributed by atoms with E-state index in [1.54, 1.807) is 11.0 Å². The second-order valence-electron chi connectivity index (χ2n) is 7.75. The van der Waals surface area contributed by atoms with Crippen LogP contribution in [-0.2, 0) is 17.8 Å². The first-order chi connectivity index (χ1) is 16.4. The Morgan fingerprint density at radius 3 is 2.53 bits per heavy atom. The highest BCUT2D eigenvalue weighted by Gasteiger charge is 2.19. The van der Waals surface area contributed by atoms with Gasteiger partial charge in [0, 0.05) is 40.2 Å². The van der Waals surface area contributed by atoms with Gasteiger partial charge in [0.1, 0.15) is 11.3 Å². The minimum atomic E-state index is -1.18. The van der Waals surface area contributed by atoms with Gasteiger partial charge < -0.3 is 19.7 Å². The highest BCUT2D eigenvalue weighted by molar-refractivity contribution is 6.31. The second-order valence-corrected chi connectivity index (χ2v) is 8.59. The van der Waals surface area contributed by atoms with E-state index in [0.717, 1.165) is 22.0 Å². The quantitative estimate of drug-likeness (QED) is 0.305. The van der Waals surface area contributed by atoms with Crippen LogP contribution in [0.15, 0.2) is 72.9 Å². The first-order valence-corrected chi connectivity index (χ1v) is 11.4. The zero-order chi connectivity index (χ0) is 24.1. The molecule has 174 valence electrons. The van der Waals surface area contributed by atoms with E-state index in [2.05, 4.69) is 4.98 Å². The number of aromatic amines is 1. The van der Waals surface area contributed by atoms with Crippen LogP contribution in [0.3, 0.4) is 0 Å². The summed E-state index contributed by atoms with van der Waals surface area (Å²) < 4.78 is 5.60. The van der Waals surface area contributed by atoms with Crippen LogP contribution in [0, 0.1) is 0 Å². The van der Waals surface area contributed by atoms with Crippen molar-refractivity contribution in [2.75, 3.05) is 13.2 Å². The van der Waals surface area contributed by atoms with Gasteiger partial charge in [-0.25, -0.2) is 4.79 Å². The average molecular weight is 497 g/mol. The number of halogens is 2. The van der Waals surface area contributed by atoms with Crippen LogP contribution in [-0.4, -0.2) is 40.0 Å². The predicted molar refractivity (Wildman–Crippen MR) is 133 cm³/mol. The number of para-hydroxylation sites is 1. The molecule has 0 fully saturated rings. The molecular weight excluding hydrogens is 475 g/mol. The zero-order valence-electron chi connectivity index (χ0n) is 18.1. The number of nitrogens with zero attached hydrogens (tertiary/aromatic N) is 1. The van der Waals surface area contributed by atoms with E-state index in [0.29, 0.717) is 24.5 Å². The van der Waals surface area contributed by atoms with E-state index in [1.165, 1.54) is 18.2 Å². The minimum absolute atomic E-state index is 0.0829. The average Bonchev–Trinajstić information content (AvgIpc) is 3.25.